The molecule has 0 amide bonds. The van der Waals surface area contributed by atoms with Crippen LogP contribution >= 0.6 is 27.7 Å². The van der Waals surface area contributed by atoms with Gasteiger partial charge >= 0.3 is 0 Å². The van der Waals surface area contributed by atoms with Crippen molar-refractivity contribution in [3.63, 3.8) is 0 Å². The zero-order valence-electron chi connectivity index (χ0n) is 12.9. The number of hydrogen-bond donors (Lipinski definition) is 1. The number of nitrogens with one attached hydrogen (secondary N) is 1. The molecule has 0 bridgehead atoms. The van der Waals surface area contributed by atoms with Crippen molar-refractivity contribution >= 4 is 38.7 Å². The van der Waals surface area contributed by atoms with E-state index in [9.17, 15) is 0 Å². The molecule has 0 aliphatic heterocycles. The first-order valence-electron chi connectivity index (χ1n) is 7.47. The quantitative estimate of drug-likeness (QED) is 0.508. The number of hydrogen-bond acceptors (Lipinski definition) is 3. The normalized spacial score (nSPS) is 12.0. The number of alkyl halides is 1. The van der Waals surface area contributed by atoms with E-state index in [4.69, 9.17) is 4.74 Å². The van der Waals surface area contributed by atoms with Gasteiger partial charge in [0.2, 0.25) is 0 Å². The number of ether oxygens (including phenoxy) is 1. The number of aromatic nitrogens is 2. The molecule has 2 rings (SSSR count). The summed E-state index contributed by atoms with van der Waals surface area (Å²) in [4.78, 5) is 8.05. The van der Waals surface area contributed by atoms with E-state index in [1.54, 1.807) is 0 Å². The molecule has 1 N–H and O–H groups in total. The number of fused-ring (bicyclic) bond motifs is 1. The largest absolute Gasteiger partial charge is 0.494 e. The first kappa shape index (κ1) is 16.7. The number of aromatic amines is 1. The highest BCUT2D eigenvalue weighted by atomic mass is 79.9. The Morgan fingerprint density at radius 2 is 2.05 bits per heavy atom. The van der Waals surface area contributed by atoms with Crippen LogP contribution in [0.2, 0.25) is 0 Å². The van der Waals surface area contributed by atoms with Crippen molar-refractivity contribution in [3.8, 4) is 5.75 Å². The Balaban J connectivity index is 2.12. The molecule has 116 valence electrons. The van der Waals surface area contributed by atoms with Crippen molar-refractivity contribution in [3.05, 3.63) is 18.2 Å². The van der Waals surface area contributed by atoms with E-state index in [-0.39, 0.29) is 0 Å². The molecule has 5 heteroatoms. The molecule has 1 aromatic carbocycles. The second kappa shape index (κ2) is 7.54. The van der Waals surface area contributed by atoms with Crippen molar-refractivity contribution in [1.29, 1.82) is 0 Å². The average molecular weight is 371 g/mol. The summed E-state index contributed by atoms with van der Waals surface area (Å²) in [5.74, 6) is 1.96. The van der Waals surface area contributed by atoms with Crippen molar-refractivity contribution < 1.29 is 4.74 Å². The van der Waals surface area contributed by atoms with Gasteiger partial charge in [0.15, 0.2) is 5.16 Å². The number of benzene rings is 1. The van der Waals surface area contributed by atoms with Crippen molar-refractivity contribution in [2.45, 2.75) is 38.8 Å². The van der Waals surface area contributed by atoms with E-state index in [1.165, 1.54) is 12.8 Å². The van der Waals surface area contributed by atoms with Gasteiger partial charge in [-0.1, -0.05) is 41.5 Å². The summed E-state index contributed by atoms with van der Waals surface area (Å²) in [5.41, 5.74) is 2.39. The number of thioether (sulfide) groups is 1. The monoisotopic (exact) mass is 370 g/mol. The molecule has 0 radical (unpaired) electrons. The summed E-state index contributed by atoms with van der Waals surface area (Å²) in [6, 6.07) is 6.01. The molecule has 0 aliphatic carbocycles. The molecule has 1 heterocycles. The summed E-state index contributed by atoms with van der Waals surface area (Å²) >= 11 is 5.48. The predicted molar refractivity (Wildman–Crippen MR) is 94.8 cm³/mol. The number of halogens is 1. The topological polar surface area (TPSA) is 37.9 Å². The first-order chi connectivity index (χ1) is 10.2. The fourth-order valence-electron chi connectivity index (χ4n) is 2.19. The van der Waals surface area contributed by atoms with Crippen LogP contribution in [0.3, 0.4) is 0 Å². The lowest BCUT2D eigenvalue weighted by Gasteiger charge is -2.28. The van der Waals surface area contributed by atoms with Crippen molar-refractivity contribution in [2.75, 3.05) is 17.7 Å². The summed E-state index contributed by atoms with van der Waals surface area (Å²) < 4.78 is 5.53. The van der Waals surface area contributed by atoms with Gasteiger partial charge < -0.3 is 9.72 Å². The fraction of sp³-hybridized carbons (Fsp3) is 0.562. The predicted octanol–water partition coefficient (Wildman–Crippen LogP) is 5.26. The van der Waals surface area contributed by atoms with Gasteiger partial charge in [0.1, 0.15) is 5.75 Å². The third kappa shape index (κ3) is 3.95. The van der Waals surface area contributed by atoms with Crippen LogP contribution in [-0.4, -0.2) is 27.7 Å². The van der Waals surface area contributed by atoms with Crippen LogP contribution in [0.25, 0.3) is 11.0 Å². The molecule has 0 unspecified atom stereocenters. The van der Waals surface area contributed by atoms with Crippen LogP contribution in [0.5, 0.6) is 5.75 Å². The van der Waals surface area contributed by atoms with Crippen LogP contribution < -0.4 is 4.74 Å². The minimum atomic E-state index is 0.347. The molecule has 3 nitrogen and oxygen atoms in total. The Kier molecular flexibility index (Phi) is 5.99. The third-order valence-electron chi connectivity index (χ3n) is 4.04. The Morgan fingerprint density at radius 3 is 2.67 bits per heavy atom. The van der Waals surface area contributed by atoms with Gasteiger partial charge in [0, 0.05) is 17.1 Å². The van der Waals surface area contributed by atoms with Crippen LogP contribution in [0.1, 0.15) is 33.6 Å². The third-order valence-corrected chi connectivity index (χ3v) is 6.45. The van der Waals surface area contributed by atoms with Crippen LogP contribution in [0.15, 0.2) is 23.4 Å². The van der Waals surface area contributed by atoms with E-state index >= 15 is 0 Å². The van der Waals surface area contributed by atoms with Crippen LogP contribution in [-0.2, 0) is 0 Å². The summed E-state index contributed by atoms with van der Waals surface area (Å²) in [5, 5.41) is 2.03. The van der Waals surface area contributed by atoms with E-state index in [1.807, 2.05) is 36.9 Å². The lowest BCUT2D eigenvalue weighted by molar-refractivity contribution is 0.340. The van der Waals surface area contributed by atoms with Crippen LogP contribution in [0.4, 0.5) is 0 Å². The van der Waals surface area contributed by atoms with Gasteiger partial charge in [0.05, 0.1) is 17.6 Å². The Bertz CT molecular complexity index is 572. The highest BCUT2D eigenvalue weighted by Crippen LogP contribution is 2.35. The average Bonchev–Trinajstić information content (AvgIpc) is 2.92. The maximum atomic E-state index is 5.53. The lowest BCUT2D eigenvalue weighted by atomic mass is 9.87. The minimum absolute atomic E-state index is 0.347. The Hall–Kier alpha value is -0.680. The molecule has 0 atom stereocenters. The van der Waals surface area contributed by atoms with Crippen molar-refractivity contribution in [1.82, 2.24) is 9.97 Å². The maximum Gasteiger partial charge on any atom is 0.166 e. The Labute approximate surface area is 139 Å². The first-order valence-corrected chi connectivity index (χ1v) is 9.58. The number of H-pyrrole nitrogens is 1. The van der Waals surface area contributed by atoms with Crippen LogP contribution in [0, 0.1) is 5.41 Å². The molecule has 21 heavy (non-hydrogen) atoms. The molecular weight excluding hydrogens is 348 g/mol. The highest BCUT2D eigenvalue weighted by Gasteiger charge is 2.25. The number of rotatable bonds is 8. The SMILES string of the molecule is CCOc1ccc2nc(SCC(CC)(CC)CBr)[nH]c2c1. The molecule has 0 spiro atoms. The molecule has 0 saturated heterocycles. The van der Waals surface area contributed by atoms with E-state index in [2.05, 4.69) is 39.7 Å². The van der Waals surface area contributed by atoms with Gasteiger partial charge in [-0.15, -0.1) is 0 Å². The molecular formula is C16H23BrN2OS. The van der Waals surface area contributed by atoms with Gasteiger partial charge in [0.25, 0.3) is 0 Å². The maximum absolute atomic E-state index is 5.53. The highest BCUT2D eigenvalue weighted by molar-refractivity contribution is 9.09. The van der Waals surface area contributed by atoms with Crippen molar-refractivity contribution in [2.24, 2.45) is 5.41 Å². The van der Waals surface area contributed by atoms with Gasteiger partial charge in [-0.2, -0.15) is 0 Å². The van der Waals surface area contributed by atoms with E-state index < -0.39 is 0 Å². The molecule has 2 aromatic rings. The Morgan fingerprint density at radius 1 is 1.29 bits per heavy atom. The zero-order valence-corrected chi connectivity index (χ0v) is 15.3. The van der Waals surface area contributed by atoms with E-state index in [0.717, 1.165) is 33.0 Å². The smallest absolute Gasteiger partial charge is 0.166 e. The van der Waals surface area contributed by atoms with E-state index in [0.29, 0.717) is 12.0 Å². The molecule has 0 saturated carbocycles. The van der Waals surface area contributed by atoms with Gasteiger partial charge in [-0.3, -0.25) is 0 Å². The fourth-order valence-corrected chi connectivity index (χ4v) is 4.75. The number of nitrogens with zero attached hydrogens (tertiary/aromatic N) is 1. The molecule has 0 fully saturated rings. The second-order valence-corrected chi connectivity index (χ2v) is 6.81. The summed E-state index contributed by atoms with van der Waals surface area (Å²) in [7, 11) is 0. The zero-order chi connectivity index (χ0) is 15.3. The lowest BCUT2D eigenvalue weighted by Crippen LogP contribution is -2.23. The second-order valence-electron chi connectivity index (χ2n) is 5.28. The molecule has 1 aromatic heterocycles. The number of imidazole rings is 1. The minimum Gasteiger partial charge on any atom is -0.494 e. The standard InChI is InChI=1S/C16H23BrN2OS/c1-4-16(5-2,10-17)11-21-15-18-13-8-7-12(20-6-3)9-14(13)19-15/h7-9H,4-6,10-11H2,1-3H3,(H,18,19). The molecule has 0 aliphatic rings. The van der Waals surface area contributed by atoms with Gasteiger partial charge in [-0.05, 0) is 37.3 Å². The summed E-state index contributed by atoms with van der Waals surface area (Å²) in [6.07, 6.45) is 2.35. The summed E-state index contributed by atoms with van der Waals surface area (Å²) in [6.45, 7) is 7.20. The van der Waals surface area contributed by atoms with Gasteiger partial charge in [-0.25, -0.2) is 4.98 Å².